The Morgan fingerprint density at radius 3 is 2.46 bits per heavy atom. The number of aliphatic hydroxyl groups excluding tert-OH is 1. The first-order valence-corrected chi connectivity index (χ1v) is 15.8. The third-order valence-corrected chi connectivity index (χ3v) is 8.27. The molecule has 1 aliphatic heterocycles. The monoisotopic (exact) mass is 699 g/mol. The van der Waals surface area contributed by atoms with Crippen molar-refractivity contribution in [2.45, 2.75) is 77.2 Å². The van der Waals surface area contributed by atoms with E-state index in [2.05, 4.69) is 26.6 Å². The molecule has 0 bridgehead atoms. The van der Waals surface area contributed by atoms with Crippen LogP contribution < -0.4 is 10.6 Å². The summed E-state index contributed by atoms with van der Waals surface area (Å²) < 4.78 is 11.8. The van der Waals surface area contributed by atoms with Crippen LogP contribution >= 0.6 is 15.9 Å². The average Bonchev–Trinajstić information content (AvgIpc) is 3.02. The number of rotatable bonds is 4. The van der Waals surface area contributed by atoms with Crippen molar-refractivity contribution in [1.82, 2.24) is 15.5 Å². The van der Waals surface area contributed by atoms with Gasteiger partial charge in [-0.3, -0.25) is 14.4 Å². The molecule has 12 heteroatoms. The van der Waals surface area contributed by atoms with Gasteiger partial charge in [0.1, 0.15) is 17.8 Å². The molecule has 4 N–H and O–H groups in total. The lowest BCUT2D eigenvalue weighted by Gasteiger charge is -2.30. The Balaban J connectivity index is 2.10. The van der Waals surface area contributed by atoms with Crippen molar-refractivity contribution in [3.8, 4) is 5.75 Å². The molecule has 2 aromatic carbocycles. The maximum Gasteiger partial charge on any atom is 0.359 e. The van der Waals surface area contributed by atoms with Crippen LogP contribution in [-0.4, -0.2) is 77.3 Å². The molecule has 11 nitrogen and oxygen atoms in total. The summed E-state index contributed by atoms with van der Waals surface area (Å²) in [5.74, 6) is -2.56. The van der Waals surface area contributed by atoms with Gasteiger partial charge in [-0.05, 0) is 73.7 Å². The van der Waals surface area contributed by atoms with Crippen molar-refractivity contribution in [1.29, 1.82) is 0 Å². The van der Waals surface area contributed by atoms with E-state index in [1.54, 1.807) is 49.4 Å². The number of carbonyl (C=O) groups excluding carboxylic acids is 4. The number of benzene rings is 2. The highest BCUT2D eigenvalue weighted by Gasteiger charge is 2.34. The number of nitrogens with zero attached hydrogens (tertiary/aromatic N) is 1. The Morgan fingerprint density at radius 1 is 1.11 bits per heavy atom. The number of hydrogen-bond donors (Lipinski definition) is 4. The standard InChI is InChI=1S/C34H42BrN3O8/c1-20-11-13-21(2)46-34(44)30(31(45-5)24-9-7-6-8-10-24)37-32(42)27(18-23-14-16-28(40)26(35)17-23)38(4)33(43)22(3)36-29(41)19-25(39)15-12-20/h6-10,12,14,16-17,21-22,25,27,39-40H,11,13,15,18-19H2,1-5H3,(H,36,41)(H,37,42)/b20-12+,31-30+/t21-,22-,25+,27+/m0/s1. The molecule has 3 rings (SSSR count). The summed E-state index contributed by atoms with van der Waals surface area (Å²) in [7, 11) is 2.80. The second-order valence-corrected chi connectivity index (χ2v) is 12.3. The van der Waals surface area contributed by atoms with Crippen LogP contribution in [0.15, 0.2) is 70.3 Å². The topological polar surface area (TPSA) is 154 Å². The summed E-state index contributed by atoms with van der Waals surface area (Å²) in [5, 5.41) is 25.7. The minimum atomic E-state index is -1.18. The van der Waals surface area contributed by atoms with Gasteiger partial charge < -0.3 is 35.2 Å². The lowest BCUT2D eigenvalue weighted by Crippen LogP contribution is -2.54. The van der Waals surface area contributed by atoms with Crippen molar-refractivity contribution < 1.29 is 38.9 Å². The zero-order chi connectivity index (χ0) is 34.0. The molecule has 0 fully saturated rings. The fourth-order valence-electron chi connectivity index (χ4n) is 4.96. The van der Waals surface area contributed by atoms with Crippen LogP contribution in [0.3, 0.4) is 0 Å². The van der Waals surface area contributed by atoms with Gasteiger partial charge in [-0.1, -0.05) is 48.0 Å². The van der Waals surface area contributed by atoms with Gasteiger partial charge >= 0.3 is 5.97 Å². The Bertz CT molecular complexity index is 1480. The summed E-state index contributed by atoms with van der Waals surface area (Å²) in [6, 6.07) is 11.2. The lowest BCUT2D eigenvalue weighted by atomic mass is 10.0. The molecule has 248 valence electrons. The van der Waals surface area contributed by atoms with E-state index in [1.165, 1.54) is 32.0 Å². The number of amides is 3. The van der Waals surface area contributed by atoms with Gasteiger partial charge in [-0.15, -0.1) is 0 Å². The number of aliphatic hydroxyl groups is 1. The maximum atomic E-state index is 14.1. The molecule has 0 aromatic heterocycles. The van der Waals surface area contributed by atoms with Crippen molar-refractivity contribution in [2.24, 2.45) is 0 Å². The molecule has 1 heterocycles. The minimum absolute atomic E-state index is 0.00302. The molecule has 2 aromatic rings. The number of phenols is 1. The Morgan fingerprint density at radius 2 is 1.80 bits per heavy atom. The molecule has 46 heavy (non-hydrogen) atoms. The van der Waals surface area contributed by atoms with Gasteiger partial charge in [0.05, 0.1) is 30.2 Å². The number of methoxy groups -OCH3 is 1. The largest absolute Gasteiger partial charge is 0.507 e. The van der Waals surface area contributed by atoms with Crippen LogP contribution in [0.25, 0.3) is 5.76 Å². The molecule has 0 saturated carbocycles. The summed E-state index contributed by atoms with van der Waals surface area (Å²) in [6.07, 6.45) is 1.36. The molecule has 0 saturated heterocycles. The number of cyclic esters (lactones) is 1. The first kappa shape index (κ1) is 36.3. The van der Waals surface area contributed by atoms with E-state index in [9.17, 15) is 29.4 Å². The molecule has 1 aliphatic rings. The van der Waals surface area contributed by atoms with Crippen molar-refractivity contribution in [2.75, 3.05) is 14.2 Å². The molecule has 0 aliphatic carbocycles. The minimum Gasteiger partial charge on any atom is -0.507 e. The number of halogens is 1. The number of phenolic OH excluding ortho intramolecular Hbond substituents is 1. The highest BCUT2D eigenvalue weighted by Crippen LogP contribution is 2.26. The zero-order valence-corrected chi connectivity index (χ0v) is 28.3. The van der Waals surface area contributed by atoms with Gasteiger partial charge in [-0.25, -0.2) is 4.79 Å². The summed E-state index contributed by atoms with van der Waals surface area (Å²) >= 11 is 3.28. The fourth-order valence-corrected chi connectivity index (χ4v) is 5.38. The normalized spacial score (nSPS) is 25.1. The van der Waals surface area contributed by atoms with E-state index in [1.807, 2.05) is 13.0 Å². The molecule has 0 spiro atoms. The summed E-state index contributed by atoms with van der Waals surface area (Å²) in [6.45, 7) is 5.11. The first-order chi connectivity index (χ1) is 21.8. The van der Waals surface area contributed by atoms with Crippen molar-refractivity contribution >= 4 is 45.4 Å². The van der Waals surface area contributed by atoms with E-state index in [0.29, 0.717) is 28.4 Å². The number of likely N-dealkylation sites (N-methyl/N-ethyl adjacent to an activating group) is 1. The van der Waals surface area contributed by atoms with E-state index in [4.69, 9.17) is 9.47 Å². The van der Waals surface area contributed by atoms with Crippen LogP contribution in [-0.2, 0) is 35.1 Å². The second-order valence-electron chi connectivity index (χ2n) is 11.4. The highest BCUT2D eigenvalue weighted by atomic mass is 79.9. The van der Waals surface area contributed by atoms with Crippen LogP contribution in [0.5, 0.6) is 5.75 Å². The molecule has 3 amide bonds. The van der Waals surface area contributed by atoms with Crippen LogP contribution in [0.2, 0.25) is 0 Å². The molecular formula is C34H42BrN3O8. The van der Waals surface area contributed by atoms with Crippen molar-refractivity contribution in [3.63, 3.8) is 0 Å². The SMILES string of the molecule is CO/C(=C1/NC(=O)[C@@H](Cc2ccc(O)c(Br)c2)N(C)C(=O)[C@H](C)NC(=O)C[C@H](O)C/C=C(\C)CC[C@H](C)OC1=O)c1ccccc1. The number of allylic oxidation sites excluding steroid dienone is 1. The smallest absolute Gasteiger partial charge is 0.359 e. The number of ether oxygens (including phenoxy) is 2. The van der Waals surface area contributed by atoms with E-state index >= 15 is 0 Å². The maximum absolute atomic E-state index is 14.1. The van der Waals surface area contributed by atoms with Crippen LogP contribution in [0.1, 0.15) is 57.6 Å². The Kier molecular flexibility index (Phi) is 13.4. The van der Waals surface area contributed by atoms with Gasteiger partial charge in [0.2, 0.25) is 17.7 Å². The van der Waals surface area contributed by atoms with Gasteiger partial charge in [-0.2, -0.15) is 0 Å². The third-order valence-electron chi connectivity index (χ3n) is 7.64. The van der Waals surface area contributed by atoms with Crippen LogP contribution in [0.4, 0.5) is 0 Å². The Labute approximate surface area is 277 Å². The molecule has 0 unspecified atom stereocenters. The highest BCUT2D eigenvalue weighted by molar-refractivity contribution is 9.10. The quantitative estimate of drug-likeness (QED) is 0.162. The van der Waals surface area contributed by atoms with E-state index in [0.717, 1.165) is 5.57 Å². The number of nitrogens with one attached hydrogen (secondary N) is 2. The third kappa shape index (κ3) is 10.2. The molecule has 4 atom stereocenters. The Hall–Kier alpha value is -4.16. The summed E-state index contributed by atoms with van der Waals surface area (Å²) in [4.78, 5) is 55.3. The number of carbonyl (C=O) groups is 4. The summed E-state index contributed by atoms with van der Waals surface area (Å²) in [5.41, 5.74) is 1.82. The molecular weight excluding hydrogens is 658 g/mol. The van der Waals surface area contributed by atoms with Gasteiger partial charge in [0.25, 0.3) is 0 Å². The predicted octanol–water partition coefficient (Wildman–Crippen LogP) is 3.97. The first-order valence-electron chi connectivity index (χ1n) is 15.0. The van der Waals surface area contributed by atoms with E-state index < -0.39 is 48.0 Å². The van der Waals surface area contributed by atoms with Crippen LogP contribution in [0, 0.1) is 0 Å². The van der Waals surface area contributed by atoms with Gasteiger partial charge in [0.15, 0.2) is 11.5 Å². The number of esters is 1. The number of aromatic hydroxyl groups is 1. The second kappa shape index (κ2) is 17.0. The number of hydrogen-bond acceptors (Lipinski definition) is 8. The zero-order valence-electron chi connectivity index (χ0n) is 26.7. The average molecular weight is 701 g/mol. The van der Waals surface area contributed by atoms with E-state index in [-0.39, 0.29) is 36.5 Å². The fraction of sp³-hybridized carbons (Fsp3) is 0.412. The lowest BCUT2D eigenvalue weighted by molar-refractivity contribution is -0.146. The predicted molar refractivity (Wildman–Crippen MR) is 176 cm³/mol. The molecule has 0 radical (unpaired) electrons. The van der Waals surface area contributed by atoms with Crippen molar-refractivity contribution in [3.05, 3.63) is 81.5 Å². The van der Waals surface area contributed by atoms with Gasteiger partial charge in [0, 0.05) is 19.0 Å².